The highest BCUT2D eigenvalue weighted by Gasteiger charge is 2.21. The SMILES string of the molecule is CNCCN(C)C(=O)c1c(C)nn(Cc2cccc(Br)c2)c1C.Cl. The summed E-state index contributed by atoms with van der Waals surface area (Å²) in [5.41, 5.74) is 3.54. The Morgan fingerprint density at radius 2 is 2.08 bits per heavy atom. The molecule has 5 nitrogen and oxygen atoms in total. The van der Waals surface area contributed by atoms with Crippen molar-refractivity contribution < 1.29 is 4.79 Å². The molecule has 2 rings (SSSR count). The van der Waals surface area contributed by atoms with Crippen molar-refractivity contribution in [3.05, 3.63) is 51.3 Å². The summed E-state index contributed by atoms with van der Waals surface area (Å²) < 4.78 is 2.94. The first-order valence-electron chi connectivity index (χ1n) is 7.62. The van der Waals surface area contributed by atoms with Crippen molar-refractivity contribution >= 4 is 34.2 Å². The fourth-order valence-electron chi connectivity index (χ4n) is 2.54. The molecule has 0 aliphatic heterocycles. The second kappa shape index (κ2) is 9.20. The third kappa shape index (κ3) is 4.82. The molecule has 0 unspecified atom stereocenters. The molecule has 132 valence electrons. The Morgan fingerprint density at radius 3 is 2.71 bits per heavy atom. The second-order valence-corrected chi connectivity index (χ2v) is 6.58. The lowest BCUT2D eigenvalue weighted by Gasteiger charge is -2.17. The molecule has 1 N–H and O–H groups in total. The van der Waals surface area contributed by atoms with E-state index in [0.717, 1.165) is 28.0 Å². The van der Waals surface area contributed by atoms with Crippen molar-refractivity contribution in [3.8, 4) is 0 Å². The topological polar surface area (TPSA) is 50.2 Å². The van der Waals surface area contributed by atoms with Gasteiger partial charge in [-0.3, -0.25) is 9.48 Å². The van der Waals surface area contributed by atoms with Gasteiger partial charge in [-0.2, -0.15) is 5.10 Å². The van der Waals surface area contributed by atoms with Crippen LogP contribution in [-0.4, -0.2) is 47.8 Å². The molecular weight excluding hydrogens is 392 g/mol. The van der Waals surface area contributed by atoms with Gasteiger partial charge in [0.2, 0.25) is 0 Å². The van der Waals surface area contributed by atoms with Crippen LogP contribution in [0.1, 0.15) is 27.3 Å². The second-order valence-electron chi connectivity index (χ2n) is 5.66. The molecule has 0 aliphatic carbocycles. The molecule has 1 aromatic carbocycles. The van der Waals surface area contributed by atoms with E-state index in [2.05, 4.69) is 38.5 Å². The van der Waals surface area contributed by atoms with Crippen molar-refractivity contribution in [3.63, 3.8) is 0 Å². The summed E-state index contributed by atoms with van der Waals surface area (Å²) in [4.78, 5) is 14.4. The van der Waals surface area contributed by atoms with Gasteiger partial charge in [-0.1, -0.05) is 28.1 Å². The average molecular weight is 416 g/mol. The van der Waals surface area contributed by atoms with Gasteiger partial charge in [-0.15, -0.1) is 12.4 Å². The smallest absolute Gasteiger partial charge is 0.257 e. The molecule has 0 spiro atoms. The number of hydrogen-bond donors (Lipinski definition) is 1. The molecule has 0 saturated heterocycles. The maximum absolute atomic E-state index is 12.6. The van der Waals surface area contributed by atoms with Crippen LogP contribution in [0.3, 0.4) is 0 Å². The van der Waals surface area contributed by atoms with Gasteiger partial charge in [0.1, 0.15) is 0 Å². The number of hydrogen-bond acceptors (Lipinski definition) is 3. The quantitative estimate of drug-likeness (QED) is 0.789. The van der Waals surface area contributed by atoms with E-state index in [1.54, 1.807) is 4.90 Å². The van der Waals surface area contributed by atoms with Gasteiger partial charge in [0.05, 0.1) is 17.8 Å². The Labute approximate surface area is 158 Å². The average Bonchev–Trinajstić information content (AvgIpc) is 2.78. The predicted molar refractivity (Wildman–Crippen MR) is 103 cm³/mol. The maximum Gasteiger partial charge on any atom is 0.257 e. The summed E-state index contributed by atoms with van der Waals surface area (Å²) in [6, 6.07) is 8.12. The summed E-state index contributed by atoms with van der Waals surface area (Å²) in [7, 11) is 3.70. The van der Waals surface area contributed by atoms with Gasteiger partial charge in [0.25, 0.3) is 5.91 Å². The van der Waals surface area contributed by atoms with Crippen LogP contribution >= 0.6 is 28.3 Å². The molecule has 0 bridgehead atoms. The predicted octanol–water partition coefficient (Wildman–Crippen LogP) is 3.02. The minimum absolute atomic E-state index is 0. The van der Waals surface area contributed by atoms with Crippen LogP contribution in [0.4, 0.5) is 0 Å². The highest BCUT2D eigenvalue weighted by molar-refractivity contribution is 9.10. The van der Waals surface area contributed by atoms with Gasteiger partial charge in [-0.05, 0) is 38.6 Å². The minimum Gasteiger partial charge on any atom is -0.340 e. The number of carbonyl (C=O) groups excluding carboxylic acids is 1. The molecule has 0 radical (unpaired) electrons. The molecular formula is C17H24BrClN4O. The lowest BCUT2D eigenvalue weighted by Crippen LogP contribution is -2.33. The van der Waals surface area contributed by atoms with E-state index < -0.39 is 0 Å². The Hall–Kier alpha value is -1.37. The zero-order valence-corrected chi connectivity index (χ0v) is 16.9. The molecule has 0 atom stereocenters. The number of benzene rings is 1. The number of halogens is 2. The molecule has 1 heterocycles. The molecule has 1 aromatic heterocycles. The largest absolute Gasteiger partial charge is 0.340 e. The fourth-order valence-corrected chi connectivity index (χ4v) is 2.99. The third-order valence-corrected chi connectivity index (χ3v) is 4.35. The molecule has 24 heavy (non-hydrogen) atoms. The van der Waals surface area contributed by atoms with Crippen LogP contribution in [0.25, 0.3) is 0 Å². The first-order chi connectivity index (χ1) is 10.9. The third-order valence-electron chi connectivity index (χ3n) is 3.86. The number of rotatable bonds is 6. The summed E-state index contributed by atoms with van der Waals surface area (Å²) >= 11 is 3.48. The van der Waals surface area contributed by atoms with E-state index >= 15 is 0 Å². The van der Waals surface area contributed by atoms with Crippen molar-refractivity contribution in [2.75, 3.05) is 27.2 Å². The van der Waals surface area contributed by atoms with Crippen LogP contribution in [0, 0.1) is 13.8 Å². The van der Waals surface area contributed by atoms with Crippen LogP contribution < -0.4 is 5.32 Å². The Kier molecular flexibility index (Phi) is 7.93. The Balaban J connectivity index is 0.00000288. The number of nitrogens with one attached hydrogen (secondary N) is 1. The van der Waals surface area contributed by atoms with Gasteiger partial charge in [-0.25, -0.2) is 0 Å². The van der Waals surface area contributed by atoms with Gasteiger partial charge in [0.15, 0.2) is 0 Å². The van der Waals surface area contributed by atoms with Crippen molar-refractivity contribution in [1.29, 1.82) is 0 Å². The molecule has 0 saturated carbocycles. The first-order valence-corrected chi connectivity index (χ1v) is 8.42. The highest BCUT2D eigenvalue weighted by Crippen LogP contribution is 2.18. The van der Waals surface area contributed by atoms with Crippen molar-refractivity contribution in [1.82, 2.24) is 20.0 Å². The van der Waals surface area contributed by atoms with Crippen LogP contribution in [-0.2, 0) is 6.54 Å². The first kappa shape index (κ1) is 20.7. The monoisotopic (exact) mass is 414 g/mol. The summed E-state index contributed by atoms with van der Waals surface area (Å²) in [5.74, 6) is 0.0238. The maximum atomic E-state index is 12.6. The summed E-state index contributed by atoms with van der Waals surface area (Å²) in [5, 5.41) is 7.62. The zero-order valence-electron chi connectivity index (χ0n) is 14.5. The Morgan fingerprint density at radius 1 is 1.38 bits per heavy atom. The molecule has 0 fully saturated rings. The number of amides is 1. The van der Waals surface area contributed by atoms with Crippen molar-refractivity contribution in [2.24, 2.45) is 0 Å². The van der Waals surface area contributed by atoms with Gasteiger partial charge >= 0.3 is 0 Å². The minimum atomic E-state index is 0. The van der Waals surface area contributed by atoms with E-state index in [-0.39, 0.29) is 18.3 Å². The van der Waals surface area contributed by atoms with Crippen LogP contribution in [0.2, 0.25) is 0 Å². The van der Waals surface area contributed by atoms with Crippen molar-refractivity contribution in [2.45, 2.75) is 20.4 Å². The van der Waals surface area contributed by atoms with E-state index in [4.69, 9.17) is 0 Å². The Bertz CT molecular complexity index is 702. The van der Waals surface area contributed by atoms with Crippen LogP contribution in [0.15, 0.2) is 28.7 Å². The molecule has 1 amide bonds. The molecule has 7 heteroatoms. The van der Waals surface area contributed by atoms with Gasteiger partial charge < -0.3 is 10.2 Å². The van der Waals surface area contributed by atoms with Gasteiger partial charge in [0, 0.05) is 30.3 Å². The van der Waals surface area contributed by atoms with E-state index in [0.29, 0.717) is 18.7 Å². The zero-order chi connectivity index (χ0) is 17.0. The number of likely N-dealkylation sites (N-methyl/N-ethyl adjacent to an activating group) is 2. The number of aromatic nitrogens is 2. The molecule has 2 aromatic rings. The number of nitrogens with zero attached hydrogens (tertiary/aromatic N) is 3. The van der Waals surface area contributed by atoms with E-state index in [1.807, 2.05) is 44.8 Å². The van der Waals surface area contributed by atoms with Crippen LogP contribution in [0.5, 0.6) is 0 Å². The number of carbonyl (C=O) groups is 1. The lowest BCUT2D eigenvalue weighted by molar-refractivity contribution is 0.0795. The summed E-state index contributed by atoms with van der Waals surface area (Å²) in [6.45, 7) is 5.94. The normalized spacial score (nSPS) is 10.4. The molecule has 0 aliphatic rings. The fraction of sp³-hybridized carbons (Fsp3) is 0.412. The number of aryl methyl sites for hydroxylation is 1. The highest BCUT2D eigenvalue weighted by atomic mass is 79.9. The standard InChI is InChI=1S/C17H23BrN4O.ClH/c1-12-16(17(23)21(4)9-8-19-3)13(2)22(20-12)11-14-6-5-7-15(18)10-14;/h5-7,10,19H,8-9,11H2,1-4H3;1H. The lowest BCUT2D eigenvalue weighted by atomic mass is 10.1. The summed E-state index contributed by atoms with van der Waals surface area (Å²) in [6.07, 6.45) is 0. The van der Waals surface area contributed by atoms with E-state index in [9.17, 15) is 4.79 Å². The van der Waals surface area contributed by atoms with E-state index in [1.165, 1.54) is 0 Å².